The molecule has 0 bridgehead atoms. The van der Waals surface area contributed by atoms with Crippen molar-refractivity contribution >= 4 is 128 Å². The summed E-state index contributed by atoms with van der Waals surface area (Å²) in [5, 5.41) is 10.0. The summed E-state index contributed by atoms with van der Waals surface area (Å²) in [6.45, 7) is 0. The quantitative estimate of drug-likeness (QED) is 0.158. The molecular weight excluding hydrogens is 678 g/mol. The molecule has 0 N–H and O–H groups in total. The van der Waals surface area contributed by atoms with Crippen molar-refractivity contribution in [3.05, 3.63) is 59.3 Å². The fourth-order valence-corrected chi connectivity index (χ4v) is 18.7. The topological polar surface area (TPSA) is 0 Å². The van der Waals surface area contributed by atoms with Crippen LogP contribution in [0.2, 0.25) is 29.6 Å². The maximum absolute atomic E-state index is 2.52. The van der Waals surface area contributed by atoms with E-state index in [4.69, 9.17) is 0 Å². The van der Waals surface area contributed by atoms with E-state index in [1.807, 2.05) is 22.7 Å². The van der Waals surface area contributed by atoms with E-state index in [0.29, 0.717) is 0 Å². The molecule has 0 nitrogen and oxygen atoms in total. The Bertz CT molecular complexity index is 1430. The van der Waals surface area contributed by atoms with Gasteiger partial charge in [-0.3, -0.25) is 0 Å². The molecule has 32 heavy (non-hydrogen) atoms. The number of rotatable bonds is 2. The van der Waals surface area contributed by atoms with Crippen LogP contribution in [0.5, 0.6) is 0 Å². The van der Waals surface area contributed by atoms with E-state index in [2.05, 4.69) is 112 Å². The summed E-state index contributed by atoms with van der Waals surface area (Å²) in [7, 11) is 0. The van der Waals surface area contributed by atoms with Gasteiger partial charge in [0.15, 0.2) is 0 Å². The molecule has 0 amide bonds. The van der Waals surface area contributed by atoms with Crippen LogP contribution in [0.4, 0.5) is 0 Å². The number of benzene rings is 2. The Kier molecular flexibility index (Phi) is 6.51. The summed E-state index contributed by atoms with van der Waals surface area (Å²) >= 11 is 3.96. The molecule has 6 heteroatoms. The first-order chi connectivity index (χ1) is 15.1. The number of fused-ring (bicyclic) bond motifs is 6. The van der Waals surface area contributed by atoms with Crippen molar-refractivity contribution in [2.75, 3.05) is 0 Å². The standard InChI is InChI=1S/C10H6S2.C10H4S2.6CH3.2Sn/c2*1-2-8-4-6-12-10(8)9-7(1)3-5-11-9;;;;;;;;/h1-6H;1-4H;6*1H3;;. The van der Waals surface area contributed by atoms with Crippen molar-refractivity contribution in [1.82, 2.24) is 0 Å². The van der Waals surface area contributed by atoms with E-state index in [1.54, 1.807) is 15.2 Å². The summed E-state index contributed by atoms with van der Waals surface area (Å²) in [6, 6.07) is 18.4. The molecular formula is C26H28S4Sn2. The van der Waals surface area contributed by atoms with Gasteiger partial charge in [-0.15, -0.1) is 22.7 Å². The number of hydrogen-bond donors (Lipinski definition) is 0. The van der Waals surface area contributed by atoms with Crippen molar-refractivity contribution in [2.45, 2.75) is 29.6 Å². The molecule has 4 heterocycles. The summed E-state index contributed by atoms with van der Waals surface area (Å²) in [5.74, 6) is 0. The molecule has 164 valence electrons. The molecule has 2 aromatic carbocycles. The van der Waals surface area contributed by atoms with Crippen LogP contribution < -0.4 is 5.79 Å². The second-order valence-electron chi connectivity index (χ2n) is 10.4. The average molecular weight is 706 g/mol. The van der Waals surface area contributed by atoms with Crippen molar-refractivity contribution < 1.29 is 0 Å². The molecule has 0 radical (unpaired) electrons. The molecule has 0 atom stereocenters. The number of thiophene rings is 4. The van der Waals surface area contributed by atoms with Crippen molar-refractivity contribution in [3.63, 3.8) is 0 Å². The zero-order valence-electron chi connectivity index (χ0n) is 19.4. The summed E-state index contributed by atoms with van der Waals surface area (Å²) < 4.78 is 9.38. The van der Waals surface area contributed by atoms with Crippen LogP contribution in [-0.4, -0.2) is 36.8 Å². The Morgan fingerprint density at radius 2 is 0.844 bits per heavy atom. The van der Waals surface area contributed by atoms with Gasteiger partial charge in [0, 0.05) is 0 Å². The van der Waals surface area contributed by atoms with Gasteiger partial charge in [0.25, 0.3) is 0 Å². The molecule has 0 fully saturated rings. The van der Waals surface area contributed by atoms with E-state index >= 15 is 0 Å². The maximum Gasteiger partial charge on any atom is 0.0521 e. The molecule has 0 aliphatic heterocycles. The van der Waals surface area contributed by atoms with Gasteiger partial charge in [-0.05, 0) is 33.7 Å². The van der Waals surface area contributed by atoms with Crippen LogP contribution in [0.25, 0.3) is 40.3 Å². The second kappa shape index (κ2) is 8.83. The van der Waals surface area contributed by atoms with Gasteiger partial charge in [0.05, 0.1) is 9.40 Å². The fourth-order valence-electron chi connectivity index (χ4n) is 3.78. The largest absolute Gasteiger partial charge is 0.142 e. The third-order valence-corrected chi connectivity index (χ3v) is 29.0. The molecule has 0 saturated heterocycles. The van der Waals surface area contributed by atoms with Gasteiger partial charge in [-0.2, -0.15) is 0 Å². The van der Waals surface area contributed by atoms with E-state index in [1.165, 1.54) is 30.9 Å². The Labute approximate surface area is 214 Å². The predicted octanol–water partition coefficient (Wildman–Crippen LogP) is 9.32. The second-order valence-corrected chi connectivity index (χ2v) is 45.1. The molecule has 4 aromatic heterocycles. The normalized spacial score (nSPS) is 12.7. The SMILES string of the molecule is [CH3][Sn]([CH3])([CH3])[c]1cc2ccc3c[c]([Sn]([CH3])([CH3])[CH3])sc3c2s1.c1cc2ccc3ccsc3c2s1. The van der Waals surface area contributed by atoms with Crippen LogP contribution in [-0.2, 0) is 0 Å². The minimum absolute atomic E-state index is 1.37. The van der Waals surface area contributed by atoms with Crippen LogP contribution >= 0.6 is 45.3 Å². The van der Waals surface area contributed by atoms with E-state index in [9.17, 15) is 0 Å². The van der Waals surface area contributed by atoms with Crippen molar-refractivity contribution in [1.29, 1.82) is 0 Å². The Morgan fingerprint density at radius 3 is 1.22 bits per heavy atom. The van der Waals surface area contributed by atoms with Crippen LogP contribution in [0.1, 0.15) is 0 Å². The maximum atomic E-state index is 2.52. The Morgan fingerprint density at radius 1 is 0.469 bits per heavy atom. The molecule has 0 saturated carbocycles. The van der Waals surface area contributed by atoms with Crippen LogP contribution in [0, 0.1) is 0 Å². The van der Waals surface area contributed by atoms with Gasteiger partial charge < -0.3 is 0 Å². The monoisotopic (exact) mass is 708 g/mol. The number of hydrogen-bond acceptors (Lipinski definition) is 4. The van der Waals surface area contributed by atoms with Gasteiger partial charge >= 0.3 is 139 Å². The van der Waals surface area contributed by atoms with E-state index in [-0.39, 0.29) is 0 Å². The fraction of sp³-hybridized carbons (Fsp3) is 0.231. The average Bonchev–Trinajstić information content (AvgIpc) is 3.50. The summed E-state index contributed by atoms with van der Waals surface area (Å²) in [5.41, 5.74) is 0. The molecule has 0 unspecified atom stereocenters. The third-order valence-electron chi connectivity index (χ3n) is 5.69. The summed E-state index contributed by atoms with van der Waals surface area (Å²) in [4.78, 5) is 15.1. The predicted molar refractivity (Wildman–Crippen MR) is 160 cm³/mol. The first-order valence-electron chi connectivity index (χ1n) is 10.9. The van der Waals surface area contributed by atoms with E-state index < -0.39 is 36.8 Å². The van der Waals surface area contributed by atoms with Gasteiger partial charge in [0.2, 0.25) is 0 Å². The summed E-state index contributed by atoms with van der Waals surface area (Å²) in [6.07, 6.45) is 0. The molecule has 0 spiro atoms. The minimum atomic E-state index is -1.94. The smallest absolute Gasteiger partial charge is 0.0521 e. The molecule has 0 aliphatic carbocycles. The molecule has 6 aromatic rings. The first-order valence-corrected chi connectivity index (χ1v) is 34.3. The van der Waals surface area contributed by atoms with Crippen LogP contribution in [0.15, 0.2) is 59.3 Å². The molecule has 0 aliphatic rings. The van der Waals surface area contributed by atoms with Crippen LogP contribution in [0.3, 0.4) is 0 Å². The van der Waals surface area contributed by atoms with Gasteiger partial charge in [-0.25, -0.2) is 0 Å². The Balaban J connectivity index is 0.000000152. The van der Waals surface area contributed by atoms with Crippen molar-refractivity contribution in [2.24, 2.45) is 0 Å². The molecule has 6 rings (SSSR count). The van der Waals surface area contributed by atoms with E-state index in [0.717, 1.165) is 0 Å². The van der Waals surface area contributed by atoms with Crippen molar-refractivity contribution in [3.8, 4) is 0 Å². The first kappa shape index (κ1) is 23.6. The zero-order chi connectivity index (χ0) is 22.7. The minimum Gasteiger partial charge on any atom is -0.142 e. The third kappa shape index (κ3) is 4.56. The van der Waals surface area contributed by atoms with Gasteiger partial charge in [-0.1, -0.05) is 12.1 Å². The zero-order valence-corrected chi connectivity index (χ0v) is 28.4. The Hall–Kier alpha value is -0.123. The van der Waals surface area contributed by atoms with Gasteiger partial charge in [0.1, 0.15) is 0 Å².